The van der Waals surface area contributed by atoms with E-state index in [0.717, 1.165) is 10.9 Å². The Bertz CT molecular complexity index is 1410. The number of fused-ring (bicyclic) bond motifs is 1. The molecule has 0 bridgehead atoms. The monoisotopic (exact) mass is 440 g/mol. The molecule has 0 atom stereocenters. The lowest BCUT2D eigenvalue weighted by molar-refractivity contribution is 0.0846. The van der Waals surface area contributed by atoms with Gasteiger partial charge in [0, 0.05) is 10.9 Å². The first kappa shape index (κ1) is 19.7. The summed E-state index contributed by atoms with van der Waals surface area (Å²) in [6.45, 7) is 0. The molecule has 0 aliphatic heterocycles. The Hall–Kier alpha value is -4.30. The molecule has 0 saturated heterocycles. The standard InChI is InChI=1S/C24H16N4O3S/c29-22(18-13-12-15-7-4-5-10-17(15)25-18)27-28-23(30)21-20(16-8-2-1-3-9-16)26-24(32-21)19-11-6-14-31-19/h1-14H,(H,27,29)(H,28,30). The van der Waals surface area contributed by atoms with E-state index in [-0.39, 0.29) is 5.69 Å². The number of nitrogens with one attached hydrogen (secondary N) is 2. The lowest BCUT2D eigenvalue weighted by atomic mass is 10.1. The average molecular weight is 440 g/mol. The largest absolute Gasteiger partial charge is 0.462 e. The van der Waals surface area contributed by atoms with Crippen molar-refractivity contribution in [2.75, 3.05) is 0 Å². The molecule has 2 N–H and O–H groups in total. The highest BCUT2D eigenvalue weighted by molar-refractivity contribution is 7.17. The minimum absolute atomic E-state index is 0.202. The number of nitrogens with zero attached hydrogens (tertiary/aromatic N) is 2. The van der Waals surface area contributed by atoms with Crippen LogP contribution in [0.25, 0.3) is 32.9 Å². The number of thiazole rings is 1. The fourth-order valence-electron chi connectivity index (χ4n) is 3.20. The third-order valence-electron chi connectivity index (χ3n) is 4.73. The maximum atomic E-state index is 13.0. The van der Waals surface area contributed by atoms with Crippen molar-refractivity contribution in [2.24, 2.45) is 0 Å². The topological polar surface area (TPSA) is 97.1 Å². The van der Waals surface area contributed by atoms with Crippen LogP contribution in [-0.2, 0) is 0 Å². The van der Waals surface area contributed by atoms with Gasteiger partial charge in [-0.3, -0.25) is 20.4 Å². The van der Waals surface area contributed by atoms with E-state index in [4.69, 9.17) is 4.42 Å². The number of carbonyl (C=O) groups excluding carboxylic acids is 2. The van der Waals surface area contributed by atoms with Gasteiger partial charge in [0.05, 0.1) is 17.5 Å². The van der Waals surface area contributed by atoms with Crippen LogP contribution in [0.3, 0.4) is 0 Å². The van der Waals surface area contributed by atoms with E-state index in [1.165, 1.54) is 11.3 Å². The highest BCUT2D eigenvalue weighted by Gasteiger charge is 2.22. The van der Waals surface area contributed by atoms with Gasteiger partial charge >= 0.3 is 0 Å². The zero-order chi connectivity index (χ0) is 21.9. The molecule has 0 saturated carbocycles. The molecule has 0 spiro atoms. The molecule has 0 unspecified atom stereocenters. The fraction of sp³-hybridized carbons (Fsp3) is 0. The van der Waals surface area contributed by atoms with Gasteiger partial charge in [-0.25, -0.2) is 9.97 Å². The van der Waals surface area contributed by atoms with Crippen LogP contribution in [0.5, 0.6) is 0 Å². The Morgan fingerprint density at radius 2 is 1.56 bits per heavy atom. The van der Waals surface area contributed by atoms with Crippen LogP contribution in [0.15, 0.2) is 89.5 Å². The van der Waals surface area contributed by atoms with Crippen molar-refractivity contribution < 1.29 is 14.0 Å². The van der Waals surface area contributed by atoms with Gasteiger partial charge in [-0.1, -0.05) is 54.6 Å². The van der Waals surface area contributed by atoms with Gasteiger partial charge in [0.15, 0.2) is 10.8 Å². The smallest absolute Gasteiger partial charge is 0.288 e. The van der Waals surface area contributed by atoms with Crippen LogP contribution in [-0.4, -0.2) is 21.8 Å². The molecule has 2 amide bonds. The van der Waals surface area contributed by atoms with Gasteiger partial charge in [0.2, 0.25) is 0 Å². The zero-order valence-electron chi connectivity index (χ0n) is 16.6. The second kappa shape index (κ2) is 8.44. The van der Waals surface area contributed by atoms with Gasteiger partial charge in [-0.2, -0.15) is 0 Å². The summed E-state index contributed by atoms with van der Waals surface area (Å²) in [5.41, 5.74) is 7.11. The Labute approximate surface area is 186 Å². The molecule has 32 heavy (non-hydrogen) atoms. The summed E-state index contributed by atoms with van der Waals surface area (Å²) < 4.78 is 5.43. The highest BCUT2D eigenvalue weighted by Crippen LogP contribution is 2.34. The summed E-state index contributed by atoms with van der Waals surface area (Å²) in [5, 5.41) is 1.50. The number of rotatable bonds is 4. The average Bonchev–Trinajstić information content (AvgIpc) is 3.53. The lowest BCUT2D eigenvalue weighted by Crippen LogP contribution is -2.41. The second-order valence-corrected chi connectivity index (χ2v) is 7.84. The normalized spacial score (nSPS) is 10.8. The second-order valence-electron chi connectivity index (χ2n) is 6.84. The van der Waals surface area contributed by atoms with E-state index in [1.54, 1.807) is 24.5 Å². The third kappa shape index (κ3) is 3.86. The number of aromatic nitrogens is 2. The molecule has 0 fully saturated rings. The number of hydrazine groups is 1. The summed E-state index contributed by atoms with van der Waals surface area (Å²) in [6.07, 6.45) is 1.55. The van der Waals surface area contributed by atoms with Crippen LogP contribution in [0.1, 0.15) is 20.2 Å². The Morgan fingerprint density at radius 1 is 0.781 bits per heavy atom. The number of pyridine rings is 1. The first-order chi connectivity index (χ1) is 15.7. The molecule has 0 aliphatic carbocycles. The molecular weight excluding hydrogens is 424 g/mol. The van der Waals surface area contributed by atoms with Crippen molar-refractivity contribution in [1.82, 2.24) is 20.8 Å². The maximum Gasteiger partial charge on any atom is 0.288 e. The van der Waals surface area contributed by atoms with Gasteiger partial charge in [0.25, 0.3) is 11.8 Å². The Morgan fingerprint density at radius 3 is 2.38 bits per heavy atom. The van der Waals surface area contributed by atoms with Crippen molar-refractivity contribution in [3.05, 3.63) is 95.7 Å². The number of para-hydroxylation sites is 1. The summed E-state index contributed by atoms with van der Waals surface area (Å²) in [4.78, 5) is 34.8. The van der Waals surface area contributed by atoms with Crippen molar-refractivity contribution in [2.45, 2.75) is 0 Å². The SMILES string of the molecule is O=C(NNC(=O)c1sc(-c2ccco2)nc1-c1ccccc1)c1ccc2ccccc2n1. The number of furan rings is 1. The fourth-order valence-corrected chi connectivity index (χ4v) is 4.15. The van der Waals surface area contributed by atoms with E-state index < -0.39 is 11.8 Å². The number of hydrogen-bond acceptors (Lipinski definition) is 6. The van der Waals surface area contributed by atoms with Crippen molar-refractivity contribution in [1.29, 1.82) is 0 Å². The number of amides is 2. The quantitative estimate of drug-likeness (QED) is 0.395. The first-order valence-corrected chi connectivity index (χ1v) is 10.6. The van der Waals surface area contributed by atoms with E-state index in [2.05, 4.69) is 20.8 Å². The lowest BCUT2D eigenvalue weighted by Gasteiger charge is -2.07. The molecule has 2 aromatic carbocycles. The minimum Gasteiger partial charge on any atom is -0.462 e. The van der Waals surface area contributed by atoms with Crippen LogP contribution < -0.4 is 10.9 Å². The van der Waals surface area contributed by atoms with Crippen molar-refractivity contribution in [3.63, 3.8) is 0 Å². The van der Waals surface area contributed by atoms with Crippen LogP contribution in [0.4, 0.5) is 0 Å². The minimum atomic E-state index is -0.513. The van der Waals surface area contributed by atoms with Gasteiger partial charge < -0.3 is 4.42 Å². The number of carbonyl (C=O) groups is 2. The summed E-state index contributed by atoms with van der Waals surface area (Å²) in [5.74, 6) is -0.426. The summed E-state index contributed by atoms with van der Waals surface area (Å²) in [6, 6.07) is 23.8. The molecule has 0 aliphatic rings. The van der Waals surface area contributed by atoms with Crippen molar-refractivity contribution >= 4 is 34.1 Å². The van der Waals surface area contributed by atoms with E-state index in [0.29, 0.717) is 26.9 Å². The molecule has 7 nitrogen and oxygen atoms in total. The molecule has 156 valence electrons. The number of hydrogen-bond donors (Lipinski definition) is 2. The predicted molar refractivity (Wildman–Crippen MR) is 122 cm³/mol. The first-order valence-electron chi connectivity index (χ1n) is 9.75. The highest BCUT2D eigenvalue weighted by atomic mass is 32.1. The van der Waals surface area contributed by atoms with E-state index in [9.17, 15) is 9.59 Å². The van der Waals surface area contributed by atoms with Crippen LogP contribution >= 0.6 is 11.3 Å². The molecule has 3 heterocycles. The Kier molecular flexibility index (Phi) is 5.19. The predicted octanol–water partition coefficient (Wildman–Crippen LogP) is 4.69. The summed E-state index contributed by atoms with van der Waals surface area (Å²) >= 11 is 1.19. The molecule has 5 rings (SSSR count). The Balaban J connectivity index is 1.39. The van der Waals surface area contributed by atoms with E-state index >= 15 is 0 Å². The molecule has 5 aromatic rings. The molecule has 3 aromatic heterocycles. The van der Waals surface area contributed by atoms with Crippen molar-refractivity contribution in [3.8, 4) is 22.0 Å². The van der Waals surface area contributed by atoms with E-state index in [1.807, 2.05) is 60.7 Å². The number of benzene rings is 2. The van der Waals surface area contributed by atoms with Crippen LogP contribution in [0, 0.1) is 0 Å². The van der Waals surface area contributed by atoms with Gasteiger partial charge in [-0.15, -0.1) is 11.3 Å². The zero-order valence-corrected chi connectivity index (χ0v) is 17.4. The molecule has 0 radical (unpaired) electrons. The van der Waals surface area contributed by atoms with Crippen LogP contribution in [0.2, 0.25) is 0 Å². The summed E-state index contributed by atoms with van der Waals surface area (Å²) in [7, 11) is 0. The molecule has 8 heteroatoms. The maximum absolute atomic E-state index is 13.0. The molecular formula is C24H16N4O3S. The van der Waals surface area contributed by atoms with Gasteiger partial charge in [0.1, 0.15) is 10.6 Å². The van der Waals surface area contributed by atoms with Gasteiger partial charge in [-0.05, 0) is 24.3 Å². The third-order valence-corrected chi connectivity index (χ3v) is 5.80.